The van der Waals surface area contributed by atoms with Gasteiger partial charge in [-0.3, -0.25) is 9.59 Å². The molecule has 0 unspecified atom stereocenters. The van der Waals surface area contributed by atoms with Crippen LogP contribution < -0.4 is 16.0 Å². The van der Waals surface area contributed by atoms with E-state index in [1.165, 1.54) is 0 Å². The number of carbonyl (C=O) groups is 3. The Morgan fingerprint density at radius 1 is 0.964 bits per heavy atom. The summed E-state index contributed by atoms with van der Waals surface area (Å²) in [7, 11) is 0. The molecule has 0 heterocycles. The fourth-order valence-electron chi connectivity index (χ4n) is 2.14. The second-order valence-corrected chi connectivity index (χ2v) is 8.22. The molecule has 7 nitrogen and oxygen atoms in total. The van der Waals surface area contributed by atoms with E-state index in [-0.39, 0.29) is 11.1 Å². The lowest BCUT2D eigenvalue weighted by molar-refractivity contribution is 0.0527. The van der Waals surface area contributed by atoms with Crippen molar-refractivity contribution in [3.05, 3.63) is 29.8 Å². The summed E-state index contributed by atoms with van der Waals surface area (Å²) in [4.78, 5) is 36.6. The molecule has 8 heteroatoms. The minimum Gasteiger partial charge on any atom is -0.444 e. The third-order valence-electron chi connectivity index (χ3n) is 3.44. The summed E-state index contributed by atoms with van der Waals surface area (Å²) < 4.78 is 5.14. The van der Waals surface area contributed by atoms with Gasteiger partial charge in [0.15, 0.2) is 0 Å². The first-order valence-corrected chi connectivity index (χ1v) is 10.3. The van der Waals surface area contributed by atoms with Gasteiger partial charge in [0.1, 0.15) is 5.60 Å². The number of thioether (sulfide) groups is 1. The maximum absolute atomic E-state index is 12.4. The highest BCUT2D eigenvalue weighted by molar-refractivity contribution is 8.13. The van der Waals surface area contributed by atoms with Crippen LogP contribution in [0.5, 0.6) is 0 Å². The molecule has 1 aromatic carbocycles. The predicted octanol–water partition coefficient (Wildman–Crippen LogP) is 3.93. The Hall–Kier alpha value is -2.22. The lowest BCUT2D eigenvalue weighted by Crippen LogP contribution is -2.34. The van der Waals surface area contributed by atoms with Crippen LogP contribution in [0.25, 0.3) is 0 Å². The zero-order chi connectivity index (χ0) is 21.0. The van der Waals surface area contributed by atoms with E-state index < -0.39 is 11.7 Å². The van der Waals surface area contributed by atoms with Crippen LogP contribution in [0.15, 0.2) is 29.2 Å². The van der Waals surface area contributed by atoms with E-state index in [4.69, 9.17) is 4.74 Å². The van der Waals surface area contributed by atoms with Gasteiger partial charge in [-0.15, -0.1) is 0 Å². The van der Waals surface area contributed by atoms with Gasteiger partial charge >= 0.3 is 6.09 Å². The van der Waals surface area contributed by atoms with Crippen molar-refractivity contribution < 1.29 is 19.1 Å². The van der Waals surface area contributed by atoms with Crippen molar-refractivity contribution in [3.8, 4) is 0 Å². The number of nitrogens with one attached hydrogen (secondary N) is 3. The number of amides is 3. The smallest absolute Gasteiger partial charge is 0.407 e. The summed E-state index contributed by atoms with van der Waals surface area (Å²) in [6.45, 7) is 8.87. The molecule has 0 fully saturated rings. The van der Waals surface area contributed by atoms with E-state index in [0.717, 1.165) is 24.6 Å². The molecular weight excluding hydrogens is 378 g/mol. The van der Waals surface area contributed by atoms with Crippen LogP contribution in [0.1, 0.15) is 57.3 Å². The predicted molar refractivity (Wildman–Crippen MR) is 112 cm³/mol. The van der Waals surface area contributed by atoms with Crippen molar-refractivity contribution >= 4 is 29.0 Å². The van der Waals surface area contributed by atoms with Crippen LogP contribution in [0.2, 0.25) is 0 Å². The summed E-state index contributed by atoms with van der Waals surface area (Å²) in [6.07, 6.45) is 2.02. The molecule has 0 aromatic heterocycles. The topological polar surface area (TPSA) is 96.5 Å². The van der Waals surface area contributed by atoms with Crippen molar-refractivity contribution in [1.82, 2.24) is 16.0 Å². The Kier molecular flexibility index (Phi) is 10.4. The lowest BCUT2D eigenvalue weighted by Gasteiger charge is -2.19. The normalized spacial score (nSPS) is 10.9. The number of hydrogen-bond donors (Lipinski definition) is 3. The quantitative estimate of drug-likeness (QED) is 0.424. The van der Waals surface area contributed by atoms with Gasteiger partial charge < -0.3 is 20.7 Å². The second-order valence-electron chi connectivity index (χ2n) is 7.20. The van der Waals surface area contributed by atoms with Crippen LogP contribution in [0.3, 0.4) is 0 Å². The Morgan fingerprint density at radius 2 is 1.61 bits per heavy atom. The van der Waals surface area contributed by atoms with Crippen LogP contribution in [-0.4, -0.2) is 42.5 Å². The Balaban J connectivity index is 2.42. The van der Waals surface area contributed by atoms with Crippen LogP contribution >= 0.6 is 11.8 Å². The number of alkyl carbamates (subject to hydrolysis) is 1. The lowest BCUT2D eigenvalue weighted by atomic mass is 10.2. The average molecular weight is 410 g/mol. The Labute approximate surface area is 171 Å². The fraction of sp³-hybridized carbons (Fsp3) is 0.550. The molecule has 28 heavy (non-hydrogen) atoms. The SMILES string of the molecule is CCCCNC(=O)Sc1ccccc1C(=O)NCCCNC(=O)OC(C)(C)C. The summed E-state index contributed by atoms with van der Waals surface area (Å²) >= 11 is 1.02. The van der Waals surface area contributed by atoms with Crippen molar-refractivity contribution in [2.45, 2.75) is 57.5 Å². The fourth-order valence-corrected chi connectivity index (χ4v) is 2.93. The zero-order valence-corrected chi connectivity index (χ0v) is 17.9. The molecule has 0 atom stereocenters. The highest BCUT2D eigenvalue weighted by atomic mass is 32.2. The summed E-state index contributed by atoms with van der Waals surface area (Å²) in [6, 6.07) is 7.00. The molecule has 0 saturated carbocycles. The molecule has 0 radical (unpaired) electrons. The first-order valence-electron chi connectivity index (χ1n) is 9.52. The van der Waals surface area contributed by atoms with Gasteiger partial charge in [-0.1, -0.05) is 25.5 Å². The third kappa shape index (κ3) is 10.2. The molecule has 3 N–H and O–H groups in total. The number of carbonyl (C=O) groups excluding carboxylic acids is 3. The molecule has 0 saturated heterocycles. The molecule has 0 aliphatic heterocycles. The van der Waals surface area contributed by atoms with Gasteiger partial charge in [0.25, 0.3) is 11.1 Å². The van der Waals surface area contributed by atoms with Gasteiger partial charge in [-0.2, -0.15) is 0 Å². The number of hydrogen-bond acceptors (Lipinski definition) is 5. The maximum atomic E-state index is 12.4. The van der Waals surface area contributed by atoms with E-state index >= 15 is 0 Å². The standard InChI is InChI=1S/C20H31N3O4S/c1-5-6-12-23-19(26)28-16-11-8-7-10-15(16)17(24)21-13-9-14-22-18(25)27-20(2,3)4/h7-8,10-11H,5-6,9,12-14H2,1-4H3,(H,21,24)(H,22,25)(H,23,26). The number of rotatable bonds is 9. The Bertz CT molecular complexity index is 659. The number of benzene rings is 1. The monoisotopic (exact) mass is 409 g/mol. The molecule has 0 aliphatic carbocycles. The second kappa shape index (κ2) is 12.3. The van der Waals surface area contributed by atoms with Gasteiger partial charge in [0.2, 0.25) is 0 Å². The molecule has 156 valence electrons. The van der Waals surface area contributed by atoms with E-state index in [1.807, 2.05) is 0 Å². The molecule has 0 aliphatic rings. The van der Waals surface area contributed by atoms with Gasteiger partial charge in [-0.05, 0) is 57.5 Å². The van der Waals surface area contributed by atoms with Crippen molar-refractivity contribution in [1.29, 1.82) is 0 Å². The highest BCUT2D eigenvalue weighted by Gasteiger charge is 2.16. The summed E-state index contributed by atoms with van der Waals surface area (Å²) in [5.74, 6) is -0.248. The highest BCUT2D eigenvalue weighted by Crippen LogP contribution is 2.23. The van der Waals surface area contributed by atoms with Crippen LogP contribution in [-0.2, 0) is 4.74 Å². The van der Waals surface area contributed by atoms with Crippen molar-refractivity contribution in [2.75, 3.05) is 19.6 Å². The minimum absolute atomic E-state index is 0.171. The van der Waals surface area contributed by atoms with Gasteiger partial charge in [0.05, 0.1) is 5.56 Å². The molecule has 0 spiro atoms. The van der Waals surface area contributed by atoms with E-state index in [2.05, 4.69) is 22.9 Å². The maximum Gasteiger partial charge on any atom is 0.407 e. The first kappa shape index (κ1) is 23.8. The van der Waals surface area contributed by atoms with E-state index in [9.17, 15) is 14.4 Å². The van der Waals surface area contributed by atoms with Gasteiger partial charge in [-0.25, -0.2) is 4.79 Å². The van der Waals surface area contributed by atoms with Crippen molar-refractivity contribution in [2.24, 2.45) is 0 Å². The molecule has 0 bridgehead atoms. The van der Waals surface area contributed by atoms with E-state index in [1.54, 1.807) is 45.0 Å². The number of unbranched alkanes of at least 4 members (excludes halogenated alkanes) is 1. The van der Waals surface area contributed by atoms with Gasteiger partial charge in [0, 0.05) is 24.5 Å². The van der Waals surface area contributed by atoms with Crippen molar-refractivity contribution in [3.63, 3.8) is 0 Å². The van der Waals surface area contributed by atoms with Crippen LogP contribution in [0.4, 0.5) is 9.59 Å². The summed E-state index contributed by atoms with van der Waals surface area (Å²) in [5.41, 5.74) is -0.0825. The molecular formula is C20H31N3O4S. The summed E-state index contributed by atoms with van der Waals surface area (Å²) in [5, 5.41) is 8.11. The molecule has 3 amide bonds. The first-order chi connectivity index (χ1) is 13.2. The zero-order valence-electron chi connectivity index (χ0n) is 17.1. The molecule has 1 aromatic rings. The average Bonchev–Trinajstić information content (AvgIpc) is 2.60. The Morgan fingerprint density at radius 3 is 2.29 bits per heavy atom. The minimum atomic E-state index is -0.539. The molecule has 1 rings (SSSR count). The largest absolute Gasteiger partial charge is 0.444 e. The van der Waals surface area contributed by atoms with E-state index in [0.29, 0.717) is 36.5 Å². The van der Waals surface area contributed by atoms with Crippen LogP contribution in [0, 0.1) is 0 Å². The number of ether oxygens (including phenoxy) is 1. The third-order valence-corrected chi connectivity index (χ3v) is 4.35.